The van der Waals surface area contributed by atoms with E-state index in [1.54, 1.807) is 5.57 Å². The highest BCUT2D eigenvalue weighted by Gasteiger charge is 2.71. The van der Waals surface area contributed by atoms with Crippen molar-refractivity contribution in [2.24, 2.45) is 50.2 Å². The second-order valence-corrected chi connectivity index (χ2v) is 15.5. The Kier molecular flexibility index (Phi) is 5.07. The number of hydrogen-bond acceptors (Lipinski definition) is 3. The van der Waals surface area contributed by atoms with E-state index in [-0.39, 0.29) is 28.1 Å². The molecule has 5 aliphatic carbocycles. The zero-order chi connectivity index (χ0) is 24.4. The van der Waals surface area contributed by atoms with Crippen molar-refractivity contribution in [3.05, 3.63) is 11.6 Å². The van der Waals surface area contributed by atoms with Gasteiger partial charge in [0, 0.05) is 17.8 Å². The first-order valence-electron chi connectivity index (χ1n) is 13.8. The average molecular weight is 459 g/mol. The molecule has 3 nitrogen and oxygen atoms in total. The smallest absolute Gasteiger partial charge is 0.0763 e. The monoisotopic (exact) mass is 458 g/mol. The maximum absolute atomic E-state index is 11.9. The molecule has 4 saturated carbocycles. The summed E-state index contributed by atoms with van der Waals surface area (Å²) in [4.78, 5) is 0. The van der Waals surface area contributed by atoms with Crippen molar-refractivity contribution in [1.82, 2.24) is 0 Å². The van der Waals surface area contributed by atoms with E-state index in [1.165, 1.54) is 32.1 Å². The van der Waals surface area contributed by atoms with Gasteiger partial charge in [-0.3, -0.25) is 0 Å². The first-order valence-corrected chi connectivity index (χ1v) is 13.8. The van der Waals surface area contributed by atoms with Crippen LogP contribution in [0.1, 0.15) is 107 Å². The summed E-state index contributed by atoms with van der Waals surface area (Å²) in [5, 5.41) is 34.4. The summed E-state index contributed by atoms with van der Waals surface area (Å²) in [6, 6.07) is 0. The number of aliphatic hydroxyl groups is 3. The van der Waals surface area contributed by atoms with Gasteiger partial charge in [-0.2, -0.15) is 0 Å². The van der Waals surface area contributed by atoms with Crippen LogP contribution in [0, 0.1) is 50.2 Å². The van der Waals surface area contributed by atoms with Gasteiger partial charge in [0.25, 0.3) is 0 Å². The molecule has 0 aromatic carbocycles. The Morgan fingerprint density at radius 3 is 2.09 bits per heavy atom. The summed E-state index contributed by atoms with van der Waals surface area (Å²) < 4.78 is 0. The molecule has 0 radical (unpaired) electrons. The fraction of sp³-hybridized carbons (Fsp3) is 0.933. The van der Waals surface area contributed by atoms with Gasteiger partial charge in [0.15, 0.2) is 0 Å². The molecule has 0 aromatic heterocycles. The zero-order valence-electron chi connectivity index (χ0n) is 22.5. The van der Waals surface area contributed by atoms with Crippen LogP contribution < -0.4 is 0 Å². The Morgan fingerprint density at radius 1 is 0.788 bits per heavy atom. The second kappa shape index (κ2) is 6.88. The fourth-order valence-corrected chi connectivity index (χ4v) is 10.5. The lowest BCUT2D eigenvalue weighted by atomic mass is 9.33. The minimum Gasteiger partial charge on any atom is -0.392 e. The molecule has 10 unspecified atom stereocenters. The molecule has 0 heterocycles. The number of rotatable bonds is 0. The molecule has 3 heteroatoms. The maximum Gasteiger partial charge on any atom is 0.0763 e. The molecular weight excluding hydrogens is 408 g/mol. The molecule has 0 saturated heterocycles. The normalized spacial score (nSPS) is 57.1. The van der Waals surface area contributed by atoms with Gasteiger partial charge in [0.1, 0.15) is 0 Å². The topological polar surface area (TPSA) is 60.7 Å². The van der Waals surface area contributed by atoms with Gasteiger partial charge in [0.05, 0.1) is 18.3 Å². The molecule has 188 valence electrons. The number of allylic oxidation sites excluding steroid dienone is 1. The molecule has 3 N–H and O–H groups in total. The van der Waals surface area contributed by atoms with E-state index in [1.807, 2.05) is 0 Å². The van der Waals surface area contributed by atoms with Crippen molar-refractivity contribution < 1.29 is 15.3 Å². The van der Waals surface area contributed by atoms with Crippen LogP contribution >= 0.6 is 0 Å². The molecule has 0 spiro atoms. The minimum atomic E-state index is -0.578. The molecule has 5 aliphatic rings. The Balaban J connectivity index is 1.64. The van der Waals surface area contributed by atoms with Crippen LogP contribution in [0.2, 0.25) is 0 Å². The van der Waals surface area contributed by atoms with Crippen molar-refractivity contribution in [3.63, 3.8) is 0 Å². The van der Waals surface area contributed by atoms with Crippen LogP contribution in [-0.4, -0.2) is 33.6 Å². The van der Waals surface area contributed by atoms with Gasteiger partial charge in [-0.25, -0.2) is 0 Å². The molecule has 33 heavy (non-hydrogen) atoms. The Hall–Kier alpha value is -0.380. The number of aliphatic hydroxyl groups excluding tert-OH is 3. The van der Waals surface area contributed by atoms with Gasteiger partial charge in [0.2, 0.25) is 0 Å². The SMILES string of the molecule is CC1(C)CCC2(C)CCC3(C)C(=CC(O)C4C5(C)C(O)CC(O)C(C)(C)C5CCC43C)C2C1. The molecular formula is C30H50O3. The van der Waals surface area contributed by atoms with E-state index >= 15 is 0 Å². The average Bonchev–Trinajstić information content (AvgIpc) is 2.69. The number of fused-ring (bicyclic) bond motifs is 7. The lowest BCUT2D eigenvalue weighted by Crippen LogP contribution is -2.70. The molecule has 4 fully saturated rings. The van der Waals surface area contributed by atoms with Gasteiger partial charge in [-0.1, -0.05) is 67.0 Å². The van der Waals surface area contributed by atoms with Crippen LogP contribution in [0.4, 0.5) is 0 Å². The lowest BCUT2D eigenvalue weighted by Gasteiger charge is -2.72. The molecule has 0 amide bonds. The van der Waals surface area contributed by atoms with E-state index in [4.69, 9.17) is 0 Å². The van der Waals surface area contributed by atoms with Crippen LogP contribution in [-0.2, 0) is 0 Å². The quantitative estimate of drug-likeness (QED) is 0.384. The Bertz CT molecular complexity index is 859. The van der Waals surface area contributed by atoms with Gasteiger partial charge >= 0.3 is 0 Å². The predicted octanol–water partition coefficient (Wildman–Crippen LogP) is 6.11. The van der Waals surface area contributed by atoms with E-state index in [0.717, 1.165) is 12.8 Å². The highest BCUT2D eigenvalue weighted by Crippen LogP contribution is 2.75. The highest BCUT2D eigenvalue weighted by molar-refractivity contribution is 5.35. The van der Waals surface area contributed by atoms with Crippen molar-refractivity contribution in [2.45, 2.75) is 125 Å². The molecule has 0 bridgehead atoms. The third kappa shape index (κ3) is 2.91. The van der Waals surface area contributed by atoms with Gasteiger partial charge in [-0.15, -0.1) is 0 Å². The number of hydrogen-bond donors (Lipinski definition) is 3. The standard InChI is InChI=1S/C30H50O3/c1-25(2)11-12-27(5)13-14-28(6)18(19(27)17-25)15-20(31)24-29(28,7)10-9-21-26(3,4)22(32)16-23(33)30(21,24)8/h15,19-24,31-33H,9-14,16-17H2,1-8H3. The third-order valence-electron chi connectivity index (χ3n) is 13.1. The minimum absolute atomic E-state index is 0.0141. The van der Waals surface area contributed by atoms with Crippen molar-refractivity contribution in [3.8, 4) is 0 Å². The van der Waals surface area contributed by atoms with E-state index in [9.17, 15) is 15.3 Å². The van der Waals surface area contributed by atoms with E-state index < -0.39 is 23.7 Å². The Morgan fingerprint density at radius 2 is 1.42 bits per heavy atom. The first kappa shape index (κ1) is 24.3. The fourth-order valence-electron chi connectivity index (χ4n) is 10.5. The van der Waals surface area contributed by atoms with Crippen LogP contribution in [0.15, 0.2) is 11.6 Å². The zero-order valence-corrected chi connectivity index (χ0v) is 22.5. The predicted molar refractivity (Wildman–Crippen MR) is 133 cm³/mol. The summed E-state index contributed by atoms with van der Waals surface area (Å²) in [6.07, 6.45) is 9.47. The maximum atomic E-state index is 11.9. The molecule has 5 rings (SSSR count). The molecule has 10 atom stereocenters. The Labute approximate surface area is 202 Å². The summed E-state index contributed by atoms with van der Waals surface area (Å²) in [5.41, 5.74) is 1.61. The summed E-state index contributed by atoms with van der Waals surface area (Å²) in [6.45, 7) is 19.0. The largest absolute Gasteiger partial charge is 0.392 e. The van der Waals surface area contributed by atoms with Crippen molar-refractivity contribution >= 4 is 0 Å². The second-order valence-electron chi connectivity index (χ2n) is 15.5. The van der Waals surface area contributed by atoms with Crippen LogP contribution in [0.3, 0.4) is 0 Å². The summed E-state index contributed by atoms with van der Waals surface area (Å²) in [7, 11) is 0. The molecule has 0 aromatic rings. The molecule has 0 aliphatic heterocycles. The van der Waals surface area contributed by atoms with Crippen molar-refractivity contribution in [1.29, 1.82) is 0 Å². The van der Waals surface area contributed by atoms with E-state index in [2.05, 4.69) is 61.5 Å². The van der Waals surface area contributed by atoms with Crippen molar-refractivity contribution in [2.75, 3.05) is 0 Å². The van der Waals surface area contributed by atoms with Gasteiger partial charge in [-0.05, 0) is 83.9 Å². The van der Waals surface area contributed by atoms with Crippen LogP contribution in [0.5, 0.6) is 0 Å². The van der Waals surface area contributed by atoms with Gasteiger partial charge < -0.3 is 15.3 Å². The van der Waals surface area contributed by atoms with Crippen LogP contribution in [0.25, 0.3) is 0 Å². The first-order chi connectivity index (χ1) is 15.0. The van der Waals surface area contributed by atoms with E-state index in [0.29, 0.717) is 23.2 Å². The summed E-state index contributed by atoms with van der Waals surface area (Å²) in [5.74, 6) is 0.769. The lowest BCUT2D eigenvalue weighted by molar-refractivity contribution is -0.260. The third-order valence-corrected chi connectivity index (χ3v) is 13.1. The highest BCUT2D eigenvalue weighted by atomic mass is 16.3. The summed E-state index contributed by atoms with van der Waals surface area (Å²) >= 11 is 0.